The third-order valence-electron chi connectivity index (χ3n) is 4.28. The SMILES string of the molecule is Cc1ccc(S(=O)(=O)C[C@@H](C)NC(=O)N2CCCC[C@H]2C)cc1. The fourth-order valence-corrected chi connectivity index (χ4v) is 4.39. The number of sulfone groups is 1. The predicted molar refractivity (Wildman–Crippen MR) is 91.2 cm³/mol. The lowest BCUT2D eigenvalue weighted by molar-refractivity contribution is 0.156. The smallest absolute Gasteiger partial charge is 0.317 e. The van der Waals surface area contributed by atoms with Crippen molar-refractivity contribution in [2.24, 2.45) is 0 Å². The minimum Gasteiger partial charge on any atom is -0.334 e. The van der Waals surface area contributed by atoms with E-state index in [2.05, 4.69) is 5.32 Å². The number of hydrogen-bond acceptors (Lipinski definition) is 3. The van der Waals surface area contributed by atoms with E-state index in [1.807, 2.05) is 13.8 Å². The second-order valence-corrected chi connectivity index (χ2v) is 8.52. The molecule has 0 unspecified atom stereocenters. The first-order chi connectivity index (χ1) is 10.8. The topological polar surface area (TPSA) is 66.5 Å². The molecule has 1 saturated heterocycles. The number of carbonyl (C=O) groups excluding carboxylic acids is 1. The Labute approximate surface area is 139 Å². The van der Waals surface area contributed by atoms with Gasteiger partial charge in [0.15, 0.2) is 9.84 Å². The average Bonchev–Trinajstić information content (AvgIpc) is 2.47. The van der Waals surface area contributed by atoms with E-state index in [1.54, 1.807) is 36.1 Å². The number of nitrogens with one attached hydrogen (secondary N) is 1. The molecule has 5 nitrogen and oxygen atoms in total. The van der Waals surface area contributed by atoms with Crippen LogP contribution in [0.25, 0.3) is 0 Å². The summed E-state index contributed by atoms with van der Waals surface area (Å²) >= 11 is 0. The van der Waals surface area contributed by atoms with Crippen molar-refractivity contribution in [3.8, 4) is 0 Å². The van der Waals surface area contributed by atoms with Crippen LogP contribution in [0, 0.1) is 6.92 Å². The summed E-state index contributed by atoms with van der Waals surface area (Å²) in [5, 5.41) is 2.83. The van der Waals surface area contributed by atoms with E-state index in [4.69, 9.17) is 0 Å². The molecule has 1 aromatic rings. The van der Waals surface area contributed by atoms with Gasteiger partial charge in [0, 0.05) is 18.6 Å². The summed E-state index contributed by atoms with van der Waals surface area (Å²) in [6.07, 6.45) is 3.15. The first kappa shape index (κ1) is 17.8. The van der Waals surface area contributed by atoms with Crippen LogP contribution >= 0.6 is 0 Å². The maximum Gasteiger partial charge on any atom is 0.317 e. The summed E-state index contributed by atoms with van der Waals surface area (Å²) in [6, 6.07) is 6.42. The van der Waals surface area contributed by atoms with E-state index in [0.29, 0.717) is 4.90 Å². The quantitative estimate of drug-likeness (QED) is 0.918. The maximum absolute atomic E-state index is 12.4. The highest BCUT2D eigenvalue weighted by Gasteiger charge is 2.26. The minimum atomic E-state index is -3.40. The normalized spacial score (nSPS) is 20.1. The number of carbonyl (C=O) groups is 1. The van der Waals surface area contributed by atoms with Crippen molar-refractivity contribution < 1.29 is 13.2 Å². The average molecular weight is 338 g/mol. The van der Waals surface area contributed by atoms with Gasteiger partial charge in [0.25, 0.3) is 0 Å². The first-order valence-electron chi connectivity index (χ1n) is 8.16. The second-order valence-electron chi connectivity index (χ2n) is 6.48. The van der Waals surface area contributed by atoms with Crippen molar-refractivity contribution >= 4 is 15.9 Å². The van der Waals surface area contributed by atoms with Crippen LogP contribution in [-0.4, -0.2) is 43.7 Å². The largest absolute Gasteiger partial charge is 0.334 e. The molecule has 0 aromatic heterocycles. The highest BCUT2D eigenvalue weighted by molar-refractivity contribution is 7.91. The number of likely N-dealkylation sites (tertiary alicyclic amines) is 1. The number of aryl methyl sites for hydroxylation is 1. The van der Waals surface area contributed by atoms with Crippen LogP contribution in [0.4, 0.5) is 4.79 Å². The molecule has 2 atom stereocenters. The number of amides is 2. The Morgan fingerprint density at radius 2 is 1.96 bits per heavy atom. The van der Waals surface area contributed by atoms with Crippen molar-refractivity contribution in [1.82, 2.24) is 10.2 Å². The molecule has 128 valence electrons. The van der Waals surface area contributed by atoms with Crippen LogP contribution in [0.3, 0.4) is 0 Å². The van der Waals surface area contributed by atoms with Gasteiger partial charge >= 0.3 is 6.03 Å². The minimum absolute atomic E-state index is 0.0932. The Morgan fingerprint density at radius 1 is 1.30 bits per heavy atom. The molecule has 0 radical (unpaired) electrons. The van der Waals surface area contributed by atoms with Crippen LogP contribution in [0.2, 0.25) is 0 Å². The van der Waals surface area contributed by atoms with E-state index in [9.17, 15) is 13.2 Å². The number of hydrogen-bond donors (Lipinski definition) is 1. The molecule has 0 saturated carbocycles. The Kier molecular flexibility index (Phi) is 5.68. The molecular formula is C17H26N2O3S. The zero-order chi connectivity index (χ0) is 17.0. The lowest BCUT2D eigenvalue weighted by atomic mass is 10.0. The monoisotopic (exact) mass is 338 g/mol. The van der Waals surface area contributed by atoms with Crippen molar-refractivity contribution in [3.63, 3.8) is 0 Å². The molecule has 1 aromatic carbocycles. The van der Waals surface area contributed by atoms with Gasteiger partial charge in [0.1, 0.15) is 0 Å². The number of rotatable bonds is 4. The zero-order valence-corrected chi connectivity index (χ0v) is 14.9. The predicted octanol–water partition coefficient (Wildman–Crippen LogP) is 2.74. The highest BCUT2D eigenvalue weighted by atomic mass is 32.2. The van der Waals surface area contributed by atoms with Crippen LogP contribution in [0.15, 0.2) is 29.2 Å². The molecule has 0 aliphatic carbocycles. The molecular weight excluding hydrogens is 312 g/mol. The van der Waals surface area contributed by atoms with E-state index in [1.165, 1.54) is 0 Å². The van der Waals surface area contributed by atoms with Gasteiger partial charge in [-0.1, -0.05) is 17.7 Å². The van der Waals surface area contributed by atoms with E-state index in [-0.39, 0.29) is 17.8 Å². The summed E-state index contributed by atoms with van der Waals surface area (Å²) in [4.78, 5) is 14.4. The van der Waals surface area contributed by atoms with Gasteiger partial charge in [-0.05, 0) is 52.2 Å². The van der Waals surface area contributed by atoms with Crippen LogP contribution in [0.5, 0.6) is 0 Å². The fourth-order valence-electron chi connectivity index (χ4n) is 2.91. The van der Waals surface area contributed by atoms with Crippen LogP contribution in [0.1, 0.15) is 38.7 Å². The number of urea groups is 1. The Morgan fingerprint density at radius 3 is 2.57 bits per heavy atom. The summed E-state index contributed by atoms with van der Waals surface area (Å²) in [5.74, 6) is -0.0932. The molecule has 1 aliphatic heterocycles. The van der Waals surface area contributed by atoms with Gasteiger partial charge in [-0.25, -0.2) is 13.2 Å². The van der Waals surface area contributed by atoms with E-state index in [0.717, 1.165) is 31.4 Å². The van der Waals surface area contributed by atoms with Crippen molar-refractivity contribution in [3.05, 3.63) is 29.8 Å². The lowest BCUT2D eigenvalue weighted by Gasteiger charge is -2.34. The maximum atomic E-state index is 12.4. The van der Waals surface area contributed by atoms with Gasteiger partial charge < -0.3 is 10.2 Å². The molecule has 23 heavy (non-hydrogen) atoms. The molecule has 1 aliphatic rings. The Balaban J connectivity index is 1.96. The number of benzene rings is 1. The molecule has 2 rings (SSSR count). The van der Waals surface area contributed by atoms with E-state index < -0.39 is 15.9 Å². The summed E-state index contributed by atoms with van der Waals surface area (Å²) in [5.41, 5.74) is 1.02. The Hall–Kier alpha value is -1.56. The zero-order valence-electron chi connectivity index (χ0n) is 14.1. The first-order valence-corrected chi connectivity index (χ1v) is 9.81. The second kappa shape index (κ2) is 7.34. The Bertz CT molecular complexity index is 640. The molecule has 0 bridgehead atoms. The highest BCUT2D eigenvalue weighted by Crippen LogP contribution is 2.17. The molecule has 1 fully saturated rings. The van der Waals surface area contributed by atoms with Gasteiger partial charge in [-0.3, -0.25) is 0 Å². The van der Waals surface area contributed by atoms with Gasteiger partial charge in [-0.15, -0.1) is 0 Å². The molecule has 2 amide bonds. The number of piperidine rings is 1. The third-order valence-corrected chi connectivity index (χ3v) is 6.21. The molecule has 0 spiro atoms. The summed E-state index contributed by atoms with van der Waals surface area (Å²) < 4.78 is 24.8. The van der Waals surface area contributed by atoms with Gasteiger partial charge in [0.05, 0.1) is 10.6 Å². The van der Waals surface area contributed by atoms with Crippen LogP contribution < -0.4 is 5.32 Å². The van der Waals surface area contributed by atoms with Gasteiger partial charge in [-0.2, -0.15) is 0 Å². The third kappa shape index (κ3) is 4.70. The molecule has 1 N–H and O–H groups in total. The van der Waals surface area contributed by atoms with Crippen molar-refractivity contribution in [2.75, 3.05) is 12.3 Å². The van der Waals surface area contributed by atoms with Crippen molar-refractivity contribution in [2.45, 2.75) is 57.0 Å². The molecule has 1 heterocycles. The van der Waals surface area contributed by atoms with E-state index >= 15 is 0 Å². The summed E-state index contributed by atoms with van der Waals surface area (Å²) in [6.45, 7) is 6.42. The number of nitrogens with zero attached hydrogens (tertiary/aromatic N) is 1. The fraction of sp³-hybridized carbons (Fsp3) is 0.588. The lowest BCUT2D eigenvalue weighted by Crippen LogP contribution is -2.50. The molecule has 6 heteroatoms. The van der Waals surface area contributed by atoms with Gasteiger partial charge in [0.2, 0.25) is 0 Å². The standard InChI is InChI=1S/C17H26N2O3S/c1-13-7-9-16(10-8-13)23(21,22)12-14(2)18-17(20)19-11-5-4-6-15(19)3/h7-10,14-15H,4-6,11-12H2,1-3H3,(H,18,20)/t14-,15-/m1/s1. The van der Waals surface area contributed by atoms with Crippen molar-refractivity contribution in [1.29, 1.82) is 0 Å². The summed E-state index contributed by atoms with van der Waals surface area (Å²) in [7, 11) is -3.40. The van der Waals surface area contributed by atoms with Crippen LogP contribution in [-0.2, 0) is 9.84 Å².